The Hall–Kier alpha value is -1.83. The number of hydrogen-bond acceptors (Lipinski definition) is 6. The van der Waals surface area contributed by atoms with Crippen LogP contribution in [0.3, 0.4) is 0 Å². The van der Waals surface area contributed by atoms with E-state index < -0.39 is 30.4 Å². The lowest BCUT2D eigenvalue weighted by Gasteiger charge is -2.26. The quantitative estimate of drug-likeness (QED) is 0.653. The molecule has 1 heterocycles. The average molecular weight is 384 g/mol. The third-order valence-electron chi connectivity index (χ3n) is 4.79. The summed E-state index contributed by atoms with van der Waals surface area (Å²) >= 11 is 0. The molecule has 8 heteroatoms. The summed E-state index contributed by atoms with van der Waals surface area (Å²) in [6, 6.07) is -1.13. The Balaban J connectivity index is 1.90. The Labute approximate surface area is 160 Å². The van der Waals surface area contributed by atoms with E-state index in [0.29, 0.717) is 19.4 Å². The molecular weight excluding hydrogens is 352 g/mol. The molecule has 2 rings (SSSR count). The third-order valence-corrected chi connectivity index (χ3v) is 4.79. The highest BCUT2D eigenvalue weighted by atomic mass is 16.7. The van der Waals surface area contributed by atoms with Crippen molar-refractivity contribution in [3.63, 3.8) is 0 Å². The van der Waals surface area contributed by atoms with Crippen LogP contribution in [-0.2, 0) is 23.8 Å². The van der Waals surface area contributed by atoms with Gasteiger partial charge in [-0.25, -0.2) is 4.79 Å². The van der Waals surface area contributed by atoms with Crippen LogP contribution < -0.4 is 10.6 Å². The summed E-state index contributed by atoms with van der Waals surface area (Å²) in [6.07, 6.45) is 4.66. The van der Waals surface area contributed by atoms with Crippen molar-refractivity contribution in [1.82, 2.24) is 10.6 Å². The Morgan fingerprint density at radius 3 is 2.41 bits per heavy atom. The number of alkyl carbamates (subject to hydrolysis) is 1. The van der Waals surface area contributed by atoms with Crippen molar-refractivity contribution in [2.45, 2.75) is 90.2 Å². The number of ether oxygens (including phenoxy) is 3. The normalized spacial score (nSPS) is 24.3. The largest absolute Gasteiger partial charge is 0.446 e. The van der Waals surface area contributed by atoms with Crippen LogP contribution in [0.25, 0.3) is 0 Å². The topological polar surface area (TPSA) is 103 Å². The molecule has 0 aromatic rings. The highest BCUT2D eigenvalue weighted by Gasteiger charge is 2.34. The molecule has 27 heavy (non-hydrogen) atoms. The van der Waals surface area contributed by atoms with E-state index in [1.54, 1.807) is 0 Å². The number of amides is 2. The second-order valence-corrected chi connectivity index (χ2v) is 7.74. The Morgan fingerprint density at radius 1 is 1.07 bits per heavy atom. The zero-order chi connectivity index (χ0) is 19.8. The zero-order valence-corrected chi connectivity index (χ0v) is 16.5. The maximum atomic E-state index is 12.7. The molecule has 0 radical (unpaired) electrons. The first-order valence-electron chi connectivity index (χ1n) is 9.91. The van der Waals surface area contributed by atoms with Crippen LogP contribution >= 0.6 is 0 Å². The molecule has 1 aliphatic heterocycles. The SMILES string of the molecule is CC(=O)O[C@@H]1OCC[C@@H]1NC(=O)C(CC(C)C)NC(=O)OC1CCCCC1. The van der Waals surface area contributed by atoms with Gasteiger partial charge in [0.05, 0.1) is 12.6 Å². The molecule has 154 valence electrons. The lowest BCUT2D eigenvalue weighted by atomic mass is 9.98. The van der Waals surface area contributed by atoms with Crippen molar-refractivity contribution in [3.05, 3.63) is 0 Å². The van der Waals surface area contributed by atoms with Crippen molar-refractivity contribution in [2.24, 2.45) is 5.92 Å². The standard InChI is InChI=1S/C19H32N2O6/c1-12(2)11-16(21-19(24)27-14-7-5-4-6-8-14)17(23)20-15-9-10-25-18(15)26-13(3)22/h12,14-16,18H,4-11H2,1-3H3,(H,20,23)(H,21,24)/t15-,16?,18-/m0/s1. The minimum Gasteiger partial charge on any atom is -0.446 e. The van der Waals surface area contributed by atoms with E-state index in [2.05, 4.69) is 10.6 Å². The summed E-state index contributed by atoms with van der Waals surface area (Å²) in [6.45, 7) is 5.66. The molecule has 2 amide bonds. The summed E-state index contributed by atoms with van der Waals surface area (Å²) < 4.78 is 15.9. The molecule has 1 saturated carbocycles. The number of carbonyl (C=O) groups is 3. The molecule has 0 aromatic carbocycles. The first kappa shape index (κ1) is 21.5. The fourth-order valence-electron chi connectivity index (χ4n) is 3.48. The van der Waals surface area contributed by atoms with E-state index in [9.17, 15) is 14.4 Å². The smallest absolute Gasteiger partial charge is 0.408 e. The summed E-state index contributed by atoms with van der Waals surface area (Å²) in [7, 11) is 0. The van der Waals surface area contributed by atoms with Crippen LogP contribution in [0.4, 0.5) is 4.79 Å². The van der Waals surface area contributed by atoms with Crippen LogP contribution in [0.5, 0.6) is 0 Å². The average Bonchev–Trinajstić information content (AvgIpc) is 3.00. The minimum absolute atomic E-state index is 0.0712. The molecule has 0 bridgehead atoms. The van der Waals surface area contributed by atoms with E-state index in [-0.39, 0.29) is 17.9 Å². The molecule has 2 aliphatic rings. The van der Waals surface area contributed by atoms with Gasteiger partial charge in [-0.2, -0.15) is 0 Å². The Bertz CT molecular complexity index is 518. The van der Waals surface area contributed by atoms with Gasteiger partial charge in [0, 0.05) is 6.92 Å². The van der Waals surface area contributed by atoms with Crippen LogP contribution in [0, 0.1) is 5.92 Å². The molecule has 1 aliphatic carbocycles. The highest BCUT2D eigenvalue weighted by molar-refractivity contribution is 5.86. The zero-order valence-electron chi connectivity index (χ0n) is 16.5. The van der Waals surface area contributed by atoms with Gasteiger partial charge in [-0.3, -0.25) is 9.59 Å². The predicted octanol–water partition coefficient (Wildman–Crippen LogP) is 2.25. The van der Waals surface area contributed by atoms with Crippen LogP contribution in [0.15, 0.2) is 0 Å². The van der Waals surface area contributed by atoms with Gasteiger partial charge in [0.1, 0.15) is 12.1 Å². The van der Waals surface area contributed by atoms with Gasteiger partial charge in [-0.15, -0.1) is 0 Å². The lowest BCUT2D eigenvalue weighted by molar-refractivity contribution is -0.170. The van der Waals surface area contributed by atoms with E-state index in [1.165, 1.54) is 13.3 Å². The van der Waals surface area contributed by atoms with E-state index >= 15 is 0 Å². The molecular formula is C19H32N2O6. The molecule has 3 atom stereocenters. The van der Waals surface area contributed by atoms with Crippen LogP contribution in [-0.4, -0.2) is 49.1 Å². The summed E-state index contributed by atoms with van der Waals surface area (Å²) in [5.74, 6) is -0.578. The van der Waals surface area contributed by atoms with Gasteiger partial charge >= 0.3 is 12.1 Å². The van der Waals surface area contributed by atoms with Crippen molar-refractivity contribution in [1.29, 1.82) is 0 Å². The van der Waals surface area contributed by atoms with Crippen molar-refractivity contribution >= 4 is 18.0 Å². The van der Waals surface area contributed by atoms with Crippen molar-refractivity contribution in [3.8, 4) is 0 Å². The summed E-state index contributed by atoms with van der Waals surface area (Å²) in [5.41, 5.74) is 0. The fourth-order valence-corrected chi connectivity index (χ4v) is 3.48. The third kappa shape index (κ3) is 7.36. The first-order chi connectivity index (χ1) is 12.8. The number of rotatable bonds is 7. The highest BCUT2D eigenvalue weighted by Crippen LogP contribution is 2.20. The van der Waals surface area contributed by atoms with Crippen molar-refractivity contribution < 1.29 is 28.6 Å². The predicted molar refractivity (Wildman–Crippen MR) is 97.8 cm³/mol. The molecule has 8 nitrogen and oxygen atoms in total. The summed E-state index contributed by atoms with van der Waals surface area (Å²) in [4.78, 5) is 36.1. The second-order valence-electron chi connectivity index (χ2n) is 7.74. The number of carbonyl (C=O) groups excluding carboxylic acids is 3. The van der Waals surface area contributed by atoms with E-state index in [1.807, 2.05) is 13.8 Å². The molecule has 2 fully saturated rings. The minimum atomic E-state index is -0.791. The number of esters is 1. The van der Waals surface area contributed by atoms with Crippen LogP contribution in [0.2, 0.25) is 0 Å². The van der Waals surface area contributed by atoms with Gasteiger partial charge in [0.25, 0.3) is 0 Å². The van der Waals surface area contributed by atoms with Gasteiger partial charge in [0.2, 0.25) is 12.2 Å². The maximum absolute atomic E-state index is 12.7. The van der Waals surface area contributed by atoms with E-state index in [0.717, 1.165) is 25.7 Å². The van der Waals surface area contributed by atoms with E-state index in [4.69, 9.17) is 14.2 Å². The maximum Gasteiger partial charge on any atom is 0.408 e. The molecule has 1 saturated heterocycles. The lowest BCUT2D eigenvalue weighted by Crippen LogP contribution is -2.52. The Kier molecular flexibility index (Phi) is 8.34. The molecule has 0 aromatic heterocycles. The van der Waals surface area contributed by atoms with Gasteiger partial charge in [-0.05, 0) is 44.4 Å². The van der Waals surface area contributed by atoms with Crippen LogP contribution in [0.1, 0.15) is 65.7 Å². The van der Waals surface area contributed by atoms with Gasteiger partial charge in [-0.1, -0.05) is 20.3 Å². The number of nitrogens with one attached hydrogen (secondary N) is 2. The van der Waals surface area contributed by atoms with Gasteiger partial charge in [0.15, 0.2) is 0 Å². The second kappa shape index (κ2) is 10.5. The Morgan fingerprint density at radius 2 is 1.78 bits per heavy atom. The van der Waals surface area contributed by atoms with Gasteiger partial charge < -0.3 is 24.8 Å². The molecule has 1 unspecified atom stereocenters. The number of hydrogen-bond donors (Lipinski definition) is 2. The summed E-state index contributed by atoms with van der Waals surface area (Å²) in [5, 5.41) is 5.54. The fraction of sp³-hybridized carbons (Fsp3) is 0.842. The molecule has 2 N–H and O–H groups in total. The van der Waals surface area contributed by atoms with Crippen molar-refractivity contribution in [2.75, 3.05) is 6.61 Å². The monoisotopic (exact) mass is 384 g/mol. The first-order valence-corrected chi connectivity index (χ1v) is 9.91. The molecule has 0 spiro atoms.